The van der Waals surface area contributed by atoms with Gasteiger partial charge in [0.15, 0.2) is 0 Å². The van der Waals surface area contributed by atoms with Crippen LogP contribution in [0.1, 0.15) is 18.5 Å². The summed E-state index contributed by atoms with van der Waals surface area (Å²) in [5.41, 5.74) is 0.797. The molecule has 0 unspecified atom stereocenters. The monoisotopic (exact) mass is 434 g/mol. The summed E-state index contributed by atoms with van der Waals surface area (Å²) in [7, 11) is -0.305. The van der Waals surface area contributed by atoms with Gasteiger partial charge in [0.2, 0.25) is 10.0 Å². The standard InChI is InChI=1S/C20H26N4O5S/c1-15(17-6-4-5-7-20(17)29-3)21-18-9-8-16(14-19(18)24(25)26)30(27,28)23-12-10-22(2)11-13-23/h4-9,14-15,21H,10-13H2,1-3H3/t15-/m0/s1. The highest BCUT2D eigenvalue weighted by molar-refractivity contribution is 7.89. The normalized spacial score (nSPS) is 16.8. The first-order valence-corrected chi connectivity index (χ1v) is 11.0. The molecule has 0 radical (unpaired) electrons. The van der Waals surface area contributed by atoms with Crippen LogP contribution in [0.15, 0.2) is 47.4 Å². The van der Waals surface area contributed by atoms with Crippen LogP contribution in [0.4, 0.5) is 11.4 Å². The maximum Gasteiger partial charge on any atom is 0.293 e. The van der Waals surface area contributed by atoms with Gasteiger partial charge < -0.3 is 15.0 Å². The topological polar surface area (TPSA) is 105 Å². The molecule has 0 bridgehead atoms. The highest BCUT2D eigenvalue weighted by Crippen LogP contribution is 2.33. The number of ether oxygens (including phenoxy) is 1. The first kappa shape index (κ1) is 22.0. The number of anilines is 1. The lowest BCUT2D eigenvalue weighted by molar-refractivity contribution is -0.384. The fourth-order valence-corrected chi connectivity index (χ4v) is 4.90. The summed E-state index contributed by atoms with van der Waals surface area (Å²) in [4.78, 5) is 13.1. The molecule has 1 aliphatic heterocycles. The fourth-order valence-electron chi connectivity index (χ4n) is 3.46. The Hall–Kier alpha value is -2.69. The largest absolute Gasteiger partial charge is 0.496 e. The zero-order valence-electron chi connectivity index (χ0n) is 17.2. The third-order valence-corrected chi connectivity index (χ3v) is 7.14. The Balaban J connectivity index is 1.89. The van der Waals surface area contributed by atoms with Crippen LogP contribution >= 0.6 is 0 Å². The van der Waals surface area contributed by atoms with Crippen LogP contribution in [0, 0.1) is 10.1 Å². The van der Waals surface area contributed by atoms with Gasteiger partial charge in [-0.1, -0.05) is 18.2 Å². The Morgan fingerprint density at radius 2 is 1.80 bits per heavy atom. The second kappa shape index (κ2) is 8.99. The molecule has 0 amide bonds. The zero-order chi connectivity index (χ0) is 21.9. The molecule has 0 aliphatic carbocycles. The van der Waals surface area contributed by atoms with Crippen molar-refractivity contribution in [3.63, 3.8) is 0 Å². The van der Waals surface area contributed by atoms with Gasteiger partial charge in [-0.15, -0.1) is 0 Å². The Kier molecular flexibility index (Phi) is 6.59. The number of nitrogens with one attached hydrogen (secondary N) is 1. The van der Waals surface area contributed by atoms with Crippen LogP contribution < -0.4 is 10.1 Å². The number of nitro benzene ring substituents is 1. The van der Waals surface area contributed by atoms with E-state index in [9.17, 15) is 18.5 Å². The third-order valence-electron chi connectivity index (χ3n) is 5.24. The minimum absolute atomic E-state index is 0.0748. The summed E-state index contributed by atoms with van der Waals surface area (Å²) >= 11 is 0. The summed E-state index contributed by atoms with van der Waals surface area (Å²) in [6.45, 7) is 3.82. The number of likely N-dealkylation sites (N-methyl/N-ethyl adjacent to an activating group) is 1. The van der Waals surface area contributed by atoms with Gasteiger partial charge in [-0.3, -0.25) is 10.1 Å². The number of para-hydroxylation sites is 1. The molecule has 1 fully saturated rings. The number of benzene rings is 2. The van der Waals surface area contributed by atoms with E-state index in [2.05, 4.69) is 5.32 Å². The molecule has 2 aromatic rings. The number of methoxy groups -OCH3 is 1. The highest BCUT2D eigenvalue weighted by atomic mass is 32.2. The highest BCUT2D eigenvalue weighted by Gasteiger charge is 2.30. The average Bonchev–Trinajstić information content (AvgIpc) is 2.74. The van der Waals surface area contributed by atoms with Crippen LogP contribution in [0.5, 0.6) is 5.75 Å². The molecule has 3 rings (SSSR count). The number of nitrogens with zero attached hydrogens (tertiary/aromatic N) is 3. The Morgan fingerprint density at radius 3 is 2.43 bits per heavy atom. The summed E-state index contributed by atoms with van der Waals surface area (Å²) < 4.78 is 32.6. The summed E-state index contributed by atoms with van der Waals surface area (Å²) in [6, 6.07) is 11.1. The molecule has 1 N–H and O–H groups in total. The second-order valence-electron chi connectivity index (χ2n) is 7.25. The van der Waals surface area contributed by atoms with Crippen LogP contribution in [0.3, 0.4) is 0 Å². The van der Waals surface area contributed by atoms with Crippen molar-refractivity contribution in [2.24, 2.45) is 0 Å². The number of sulfonamides is 1. The fraction of sp³-hybridized carbons (Fsp3) is 0.400. The summed E-state index contributed by atoms with van der Waals surface area (Å²) in [5, 5.41) is 14.8. The zero-order valence-corrected chi connectivity index (χ0v) is 18.1. The van der Waals surface area contributed by atoms with E-state index < -0.39 is 14.9 Å². The van der Waals surface area contributed by atoms with Gasteiger partial charge in [-0.25, -0.2) is 8.42 Å². The average molecular weight is 435 g/mol. The van der Waals surface area contributed by atoms with Crippen molar-refractivity contribution >= 4 is 21.4 Å². The molecule has 30 heavy (non-hydrogen) atoms. The Bertz CT molecular complexity index is 1020. The number of piperazine rings is 1. The number of nitro groups is 1. The lowest BCUT2D eigenvalue weighted by Gasteiger charge is -2.31. The predicted molar refractivity (Wildman–Crippen MR) is 114 cm³/mol. The second-order valence-corrected chi connectivity index (χ2v) is 9.19. The van der Waals surface area contributed by atoms with Crippen molar-refractivity contribution in [2.45, 2.75) is 17.9 Å². The van der Waals surface area contributed by atoms with Crippen LogP contribution in [0.2, 0.25) is 0 Å². The van der Waals surface area contributed by atoms with Crippen molar-refractivity contribution in [3.05, 3.63) is 58.1 Å². The predicted octanol–water partition coefficient (Wildman–Crippen LogP) is 2.71. The molecular weight excluding hydrogens is 408 g/mol. The minimum Gasteiger partial charge on any atom is -0.496 e. The minimum atomic E-state index is -3.80. The molecule has 162 valence electrons. The van der Waals surface area contributed by atoms with Crippen LogP contribution in [0.25, 0.3) is 0 Å². The van der Waals surface area contributed by atoms with Gasteiger partial charge in [0.05, 0.1) is 23.0 Å². The molecular formula is C20H26N4O5S. The maximum absolute atomic E-state index is 13.0. The van der Waals surface area contributed by atoms with Gasteiger partial charge in [-0.05, 0) is 32.2 Å². The number of rotatable bonds is 7. The number of hydrogen-bond donors (Lipinski definition) is 1. The molecule has 10 heteroatoms. The van der Waals surface area contributed by atoms with Crippen molar-refractivity contribution < 1.29 is 18.1 Å². The van der Waals surface area contributed by atoms with Crippen molar-refractivity contribution in [3.8, 4) is 5.75 Å². The molecule has 1 atom stereocenters. The maximum atomic E-state index is 13.0. The van der Waals surface area contributed by atoms with Gasteiger partial charge in [0, 0.05) is 37.8 Å². The Labute approximate surface area is 176 Å². The first-order valence-electron chi connectivity index (χ1n) is 9.60. The lowest BCUT2D eigenvalue weighted by Crippen LogP contribution is -2.47. The first-order chi connectivity index (χ1) is 14.2. The smallest absolute Gasteiger partial charge is 0.293 e. The van der Waals surface area contributed by atoms with Gasteiger partial charge in [0.25, 0.3) is 5.69 Å². The van der Waals surface area contributed by atoms with E-state index in [1.54, 1.807) is 7.11 Å². The van der Waals surface area contributed by atoms with Crippen molar-refractivity contribution in [1.29, 1.82) is 0 Å². The van der Waals surface area contributed by atoms with Gasteiger partial charge >= 0.3 is 0 Å². The van der Waals surface area contributed by atoms with E-state index in [-0.39, 0.29) is 22.3 Å². The number of hydrogen-bond acceptors (Lipinski definition) is 7. The van der Waals surface area contributed by atoms with E-state index in [1.807, 2.05) is 43.1 Å². The van der Waals surface area contributed by atoms with Crippen LogP contribution in [-0.2, 0) is 10.0 Å². The molecule has 0 spiro atoms. The van der Waals surface area contributed by atoms with Crippen LogP contribution in [-0.4, -0.2) is 62.9 Å². The van der Waals surface area contributed by atoms with Gasteiger partial charge in [-0.2, -0.15) is 4.31 Å². The quantitative estimate of drug-likeness (QED) is 0.528. The molecule has 0 saturated carbocycles. The molecule has 0 aromatic heterocycles. The molecule has 1 saturated heterocycles. The third kappa shape index (κ3) is 4.55. The molecule has 9 nitrogen and oxygen atoms in total. The lowest BCUT2D eigenvalue weighted by atomic mass is 10.1. The molecule has 2 aromatic carbocycles. The summed E-state index contributed by atoms with van der Waals surface area (Å²) in [5.74, 6) is 0.661. The summed E-state index contributed by atoms with van der Waals surface area (Å²) in [6.07, 6.45) is 0. The van der Waals surface area contributed by atoms with E-state index in [0.29, 0.717) is 31.9 Å². The molecule has 1 heterocycles. The van der Waals surface area contributed by atoms with E-state index in [1.165, 1.54) is 16.4 Å². The SMILES string of the molecule is COc1ccccc1[C@H](C)Nc1ccc(S(=O)(=O)N2CCN(C)CC2)cc1[N+](=O)[O-]. The molecule has 1 aliphatic rings. The van der Waals surface area contributed by atoms with Crippen molar-refractivity contribution in [1.82, 2.24) is 9.21 Å². The van der Waals surface area contributed by atoms with Crippen molar-refractivity contribution in [2.75, 3.05) is 45.7 Å². The van der Waals surface area contributed by atoms with E-state index >= 15 is 0 Å². The van der Waals surface area contributed by atoms with Gasteiger partial charge in [0.1, 0.15) is 11.4 Å². The van der Waals surface area contributed by atoms with E-state index in [0.717, 1.165) is 11.6 Å². The van der Waals surface area contributed by atoms with E-state index in [4.69, 9.17) is 4.74 Å². The Morgan fingerprint density at radius 1 is 1.13 bits per heavy atom.